The molecule has 4 nitrogen and oxygen atoms in total. The lowest BCUT2D eigenvalue weighted by Crippen LogP contribution is -2.51. The zero-order valence-electron chi connectivity index (χ0n) is 15.5. The molecule has 5 aliphatic rings. The summed E-state index contributed by atoms with van der Waals surface area (Å²) in [7, 11) is 0. The van der Waals surface area contributed by atoms with Crippen molar-refractivity contribution in [1.29, 1.82) is 0 Å². The Bertz CT molecular complexity index is 746. The lowest BCUT2D eigenvalue weighted by Gasteiger charge is -2.55. The maximum absolute atomic E-state index is 13.4. The molecule has 4 bridgehead atoms. The number of fused-ring (bicyclic) bond motifs is 1. The molecular formula is C21H28N2O2S. The summed E-state index contributed by atoms with van der Waals surface area (Å²) in [6.07, 6.45) is 10.1. The van der Waals surface area contributed by atoms with Crippen LogP contribution in [0, 0.1) is 29.1 Å². The van der Waals surface area contributed by atoms with Gasteiger partial charge in [-0.25, -0.2) is 0 Å². The molecule has 5 aliphatic carbocycles. The molecule has 0 radical (unpaired) electrons. The van der Waals surface area contributed by atoms with Crippen LogP contribution in [0.25, 0.3) is 0 Å². The topological polar surface area (TPSA) is 72.2 Å². The lowest BCUT2D eigenvalue weighted by atomic mass is 9.49. The summed E-state index contributed by atoms with van der Waals surface area (Å²) in [5.74, 6) is 2.61. The molecule has 0 unspecified atom stereocenters. The number of hydrogen-bond donors (Lipinski definition) is 2. The Labute approximate surface area is 158 Å². The fourth-order valence-electron chi connectivity index (χ4n) is 6.72. The van der Waals surface area contributed by atoms with Crippen molar-refractivity contribution in [2.24, 2.45) is 34.8 Å². The van der Waals surface area contributed by atoms with Crippen molar-refractivity contribution in [3.05, 3.63) is 16.0 Å². The number of primary amides is 1. The Morgan fingerprint density at radius 1 is 1.12 bits per heavy atom. The van der Waals surface area contributed by atoms with E-state index in [4.69, 9.17) is 5.73 Å². The monoisotopic (exact) mass is 372 g/mol. The molecule has 0 spiro atoms. The van der Waals surface area contributed by atoms with Gasteiger partial charge in [0.15, 0.2) is 0 Å². The van der Waals surface area contributed by atoms with E-state index in [9.17, 15) is 9.59 Å². The molecule has 2 amide bonds. The first kappa shape index (κ1) is 16.8. The molecular weight excluding hydrogens is 344 g/mol. The lowest BCUT2D eigenvalue weighted by molar-refractivity contribution is -0.140. The van der Waals surface area contributed by atoms with E-state index in [2.05, 4.69) is 12.2 Å². The van der Waals surface area contributed by atoms with Crippen LogP contribution in [0.15, 0.2) is 0 Å². The Morgan fingerprint density at radius 3 is 2.31 bits per heavy atom. The van der Waals surface area contributed by atoms with E-state index in [1.165, 1.54) is 24.1 Å². The van der Waals surface area contributed by atoms with Crippen molar-refractivity contribution in [1.82, 2.24) is 0 Å². The highest BCUT2D eigenvalue weighted by atomic mass is 32.1. The van der Waals surface area contributed by atoms with Gasteiger partial charge in [-0.3, -0.25) is 9.59 Å². The quantitative estimate of drug-likeness (QED) is 0.837. The van der Waals surface area contributed by atoms with Gasteiger partial charge < -0.3 is 11.1 Å². The second-order valence-corrected chi connectivity index (χ2v) is 10.7. The molecule has 0 aromatic carbocycles. The van der Waals surface area contributed by atoms with E-state index in [0.29, 0.717) is 11.5 Å². The minimum absolute atomic E-state index is 0.158. The third kappa shape index (κ3) is 2.54. The van der Waals surface area contributed by atoms with Gasteiger partial charge in [0.2, 0.25) is 5.91 Å². The molecule has 0 aliphatic heterocycles. The van der Waals surface area contributed by atoms with Gasteiger partial charge in [0.1, 0.15) is 5.00 Å². The van der Waals surface area contributed by atoms with Crippen LogP contribution in [0.3, 0.4) is 0 Å². The predicted molar refractivity (Wildman–Crippen MR) is 103 cm³/mol. The predicted octanol–water partition coefficient (Wildman–Crippen LogP) is 4.13. The summed E-state index contributed by atoms with van der Waals surface area (Å²) >= 11 is 1.59. The van der Waals surface area contributed by atoms with Crippen LogP contribution < -0.4 is 11.1 Å². The zero-order valence-corrected chi connectivity index (χ0v) is 16.3. The largest absolute Gasteiger partial charge is 0.365 e. The number of carbonyl (C=O) groups is 2. The molecule has 5 heteroatoms. The average Bonchev–Trinajstić information content (AvgIpc) is 2.90. The minimum Gasteiger partial charge on any atom is -0.365 e. The second kappa shape index (κ2) is 5.82. The van der Waals surface area contributed by atoms with Gasteiger partial charge in [0.25, 0.3) is 5.91 Å². The van der Waals surface area contributed by atoms with E-state index in [0.717, 1.165) is 66.8 Å². The van der Waals surface area contributed by atoms with Crippen molar-refractivity contribution >= 4 is 28.2 Å². The van der Waals surface area contributed by atoms with Crippen LogP contribution in [0.4, 0.5) is 5.00 Å². The molecule has 6 rings (SSSR count). The van der Waals surface area contributed by atoms with Gasteiger partial charge in [-0.15, -0.1) is 11.3 Å². The fourth-order valence-corrected chi connectivity index (χ4v) is 8.14. The molecule has 1 heterocycles. The van der Waals surface area contributed by atoms with E-state index in [-0.39, 0.29) is 11.3 Å². The van der Waals surface area contributed by atoms with Crippen LogP contribution in [-0.4, -0.2) is 11.8 Å². The van der Waals surface area contributed by atoms with Crippen LogP contribution in [0.5, 0.6) is 0 Å². The van der Waals surface area contributed by atoms with E-state index < -0.39 is 5.91 Å². The molecule has 4 saturated carbocycles. The molecule has 3 N–H and O–H groups in total. The number of carbonyl (C=O) groups excluding carboxylic acids is 2. The Kier molecular flexibility index (Phi) is 3.76. The van der Waals surface area contributed by atoms with Gasteiger partial charge in [-0.2, -0.15) is 0 Å². The summed E-state index contributed by atoms with van der Waals surface area (Å²) in [5, 5.41) is 3.92. The molecule has 1 atom stereocenters. The Balaban J connectivity index is 1.45. The maximum Gasteiger partial charge on any atom is 0.251 e. The zero-order chi connectivity index (χ0) is 18.1. The third-order valence-electron chi connectivity index (χ3n) is 7.51. The van der Waals surface area contributed by atoms with E-state index in [1.807, 2.05) is 0 Å². The second-order valence-electron chi connectivity index (χ2n) is 9.57. The smallest absolute Gasteiger partial charge is 0.251 e. The molecule has 1 aromatic heterocycles. The van der Waals surface area contributed by atoms with Gasteiger partial charge in [-0.05, 0) is 87.0 Å². The molecule has 26 heavy (non-hydrogen) atoms. The van der Waals surface area contributed by atoms with E-state index in [1.54, 1.807) is 11.3 Å². The first-order chi connectivity index (χ1) is 12.4. The summed E-state index contributed by atoms with van der Waals surface area (Å²) in [5.41, 5.74) is 7.21. The summed E-state index contributed by atoms with van der Waals surface area (Å²) in [4.78, 5) is 26.8. The standard InChI is InChI=1S/C21H28N2O2S/c1-11-2-3-15-16(4-11)26-19(17(15)18(22)24)23-20(25)21-8-12-5-13(9-21)7-14(6-12)10-21/h11-14H,2-10H2,1H3,(H2,22,24)(H,23,25)/t11-,12?,13?,14?,21?/m1/s1. The summed E-state index contributed by atoms with van der Waals surface area (Å²) in [6.45, 7) is 2.25. The maximum atomic E-state index is 13.4. The number of nitrogens with two attached hydrogens (primary N) is 1. The van der Waals surface area contributed by atoms with Crippen molar-refractivity contribution in [2.45, 2.75) is 64.7 Å². The van der Waals surface area contributed by atoms with Crippen molar-refractivity contribution in [3.63, 3.8) is 0 Å². The number of amides is 2. The summed E-state index contributed by atoms with van der Waals surface area (Å²) < 4.78 is 0. The van der Waals surface area contributed by atoms with Crippen molar-refractivity contribution in [2.75, 3.05) is 5.32 Å². The molecule has 0 saturated heterocycles. The van der Waals surface area contributed by atoms with Gasteiger partial charge >= 0.3 is 0 Å². The van der Waals surface area contributed by atoms with E-state index >= 15 is 0 Å². The number of nitrogens with one attached hydrogen (secondary N) is 1. The van der Waals surface area contributed by atoms with Crippen LogP contribution in [0.2, 0.25) is 0 Å². The van der Waals surface area contributed by atoms with Gasteiger partial charge in [0.05, 0.1) is 11.0 Å². The molecule has 4 fully saturated rings. The highest BCUT2D eigenvalue weighted by Gasteiger charge is 2.54. The normalized spacial score (nSPS) is 37.4. The van der Waals surface area contributed by atoms with Gasteiger partial charge in [-0.1, -0.05) is 6.92 Å². The average molecular weight is 373 g/mol. The Morgan fingerprint density at radius 2 is 1.73 bits per heavy atom. The van der Waals surface area contributed by atoms with Gasteiger partial charge in [0, 0.05) is 4.88 Å². The Hall–Kier alpha value is -1.36. The molecule has 1 aromatic rings. The first-order valence-corrected chi connectivity index (χ1v) is 11.0. The van der Waals surface area contributed by atoms with Crippen LogP contribution in [-0.2, 0) is 17.6 Å². The number of thiophene rings is 1. The highest BCUT2D eigenvalue weighted by molar-refractivity contribution is 7.17. The summed E-state index contributed by atoms with van der Waals surface area (Å²) in [6, 6.07) is 0. The SMILES string of the molecule is C[C@@H]1CCc2c(sc(NC(=O)C34CC5CC(CC(C5)C3)C4)c2C(N)=O)C1. The number of anilines is 1. The fraction of sp³-hybridized carbons (Fsp3) is 0.714. The minimum atomic E-state index is -0.391. The molecule has 140 valence electrons. The number of rotatable bonds is 3. The third-order valence-corrected chi connectivity index (χ3v) is 8.67. The van der Waals surface area contributed by atoms with Crippen LogP contribution >= 0.6 is 11.3 Å². The number of hydrogen-bond acceptors (Lipinski definition) is 3. The van der Waals surface area contributed by atoms with Crippen molar-refractivity contribution in [3.8, 4) is 0 Å². The highest BCUT2D eigenvalue weighted by Crippen LogP contribution is 2.60. The van der Waals surface area contributed by atoms with Crippen LogP contribution in [0.1, 0.15) is 72.7 Å². The van der Waals surface area contributed by atoms with Crippen molar-refractivity contribution < 1.29 is 9.59 Å². The first-order valence-electron chi connectivity index (χ1n) is 10.2.